The molecule has 0 nitrogen and oxygen atoms in total. The lowest BCUT2D eigenvalue weighted by Crippen LogP contribution is -2.10. The van der Waals surface area contributed by atoms with E-state index in [1.165, 1.54) is 32.1 Å². The molecule has 0 aromatic rings. The lowest BCUT2D eigenvalue weighted by Gasteiger charge is -2.18. The minimum Gasteiger partial charge on any atom is -0.0826 e. The number of alkyl halides is 1. The van der Waals surface area contributed by atoms with Gasteiger partial charge in [0, 0.05) is 3.92 Å². The van der Waals surface area contributed by atoms with Crippen LogP contribution in [0.15, 0.2) is 0 Å². The van der Waals surface area contributed by atoms with Crippen molar-refractivity contribution in [2.75, 3.05) is 0 Å². The first kappa shape index (κ1) is 11.7. The van der Waals surface area contributed by atoms with Crippen molar-refractivity contribution in [3.63, 3.8) is 0 Å². The summed E-state index contributed by atoms with van der Waals surface area (Å²) >= 11 is 2.57. The summed E-state index contributed by atoms with van der Waals surface area (Å²) in [5.74, 6) is 0.973. The van der Waals surface area contributed by atoms with Gasteiger partial charge in [-0.05, 0) is 18.8 Å². The van der Waals surface area contributed by atoms with Crippen LogP contribution >= 0.6 is 22.6 Å². The molecule has 0 bridgehead atoms. The van der Waals surface area contributed by atoms with E-state index in [9.17, 15) is 0 Å². The maximum Gasteiger partial charge on any atom is 0.0110 e. The van der Waals surface area contributed by atoms with Crippen molar-refractivity contribution in [1.82, 2.24) is 0 Å². The van der Waals surface area contributed by atoms with Gasteiger partial charge in [-0.25, -0.2) is 0 Å². The van der Waals surface area contributed by atoms with Gasteiger partial charge < -0.3 is 0 Å². The predicted octanol–water partition coefficient (Wildman–Crippen LogP) is 4.42. The summed E-state index contributed by atoms with van der Waals surface area (Å²) in [6.45, 7) is 6.91. The number of hydrogen-bond acceptors (Lipinski definition) is 0. The Morgan fingerprint density at radius 1 is 1.09 bits per heavy atom. The zero-order chi connectivity index (χ0) is 8.69. The standard InChI is InChI=1S/C10H21I/c1-4-6-8-10(7-5-2)9(3)11/h9-10H,4-8H2,1-3H3. The third-order valence-electron chi connectivity index (χ3n) is 2.24. The van der Waals surface area contributed by atoms with Crippen LogP contribution in [0.4, 0.5) is 0 Å². The van der Waals surface area contributed by atoms with E-state index in [2.05, 4.69) is 43.4 Å². The van der Waals surface area contributed by atoms with E-state index in [-0.39, 0.29) is 0 Å². The molecule has 0 aliphatic rings. The smallest absolute Gasteiger partial charge is 0.0110 e. The molecule has 0 heterocycles. The summed E-state index contributed by atoms with van der Waals surface area (Å²) in [6, 6.07) is 0. The molecule has 0 aromatic carbocycles. The average molecular weight is 268 g/mol. The second-order valence-electron chi connectivity index (χ2n) is 3.37. The molecule has 0 rings (SSSR count). The van der Waals surface area contributed by atoms with Gasteiger partial charge in [0.1, 0.15) is 0 Å². The molecule has 0 spiro atoms. The fourth-order valence-electron chi connectivity index (χ4n) is 1.44. The summed E-state index contributed by atoms with van der Waals surface area (Å²) in [4.78, 5) is 0. The largest absolute Gasteiger partial charge is 0.0826 e. The van der Waals surface area contributed by atoms with Crippen LogP contribution in [0.3, 0.4) is 0 Å². The Hall–Kier alpha value is 0.730. The fraction of sp³-hybridized carbons (Fsp3) is 1.00. The zero-order valence-corrected chi connectivity index (χ0v) is 10.2. The third kappa shape index (κ3) is 5.94. The van der Waals surface area contributed by atoms with Gasteiger partial charge in [0.15, 0.2) is 0 Å². The van der Waals surface area contributed by atoms with Crippen molar-refractivity contribution in [3.8, 4) is 0 Å². The third-order valence-corrected chi connectivity index (χ3v) is 3.25. The number of hydrogen-bond donors (Lipinski definition) is 0. The summed E-state index contributed by atoms with van der Waals surface area (Å²) in [5.41, 5.74) is 0. The van der Waals surface area contributed by atoms with E-state index < -0.39 is 0 Å². The molecule has 0 amide bonds. The van der Waals surface area contributed by atoms with Crippen LogP contribution < -0.4 is 0 Å². The van der Waals surface area contributed by atoms with Crippen LogP contribution in [-0.4, -0.2) is 3.92 Å². The zero-order valence-electron chi connectivity index (χ0n) is 8.07. The van der Waals surface area contributed by atoms with E-state index >= 15 is 0 Å². The topological polar surface area (TPSA) is 0 Å². The fourth-order valence-corrected chi connectivity index (χ4v) is 2.16. The quantitative estimate of drug-likeness (QED) is 0.494. The van der Waals surface area contributed by atoms with Crippen molar-refractivity contribution in [3.05, 3.63) is 0 Å². The summed E-state index contributed by atoms with van der Waals surface area (Å²) in [7, 11) is 0. The Morgan fingerprint density at radius 2 is 1.73 bits per heavy atom. The normalized spacial score (nSPS) is 16.4. The van der Waals surface area contributed by atoms with Crippen molar-refractivity contribution >= 4 is 22.6 Å². The highest BCUT2D eigenvalue weighted by molar-refractivity contribution is 14.1. The molecule has 0 saturated carbocycles. The van der Waals surface area contributed by atoms with Gasteiger partial charge >= 0.3 is 0 Å². The highest BCUT2D eigenvalue weighted by atomic mass is 127. The second kappa shape index (κ2) is 7.38. The molecule has 0 saturated heterocycles. The molecule has 2 unspecified atom stereocenters. The Kier molecular flexibility index (Phi) is 7.87. The van der Waals surface area contributed by atoms with Crippen LogP contribution in [0.25, 0.3) is 0 Å². The predicted molar refractivity (Wildman–Crippen MR) is 61.4 cm³/mol. The molecule has 11 heavy (non-hydrogen) atoms. The molecule has 2 atom stereocenters. The Labute approximate surface area is 85.3 Å². The maximum absolute atomic E-state index is 2.57. The number of unbranched alkanes of at least 4 members (excludes halogenated alkanes) is 1. The van der Waals surface area contributed by atoms with Crippen molar-refractivity contribution < 1.29 is 0 Å². The van der Waals surface area contributed by atoms with Gasteiger partial charge in [0.2, 0.25) is 0 Å². The van der Waals surface area contributed by atoms with Gasteiger partial charge in [-0.1, -0.05) is 62.6 Å². The van der Waals surface area contributed by atoms with Gasteiger partial charge in [-0.15, -0.1) is 0 Å². The van der Waals surface area contributed by atoms with E-state index in [1.807, 2.05) is 0 Å². The molecule has 0 radical (unpaired) electrons. The van der Waals surface area contributed by atoms with Gasteiger partial charge in [-0.3, -0.25) is 0 Å². The Bertz CT molecular complexity index is 78.9. The summed E-state index contributed by atoms with van der Waals surface area (Å²) in [6.07, 6.45) is 6.97. The molecular weight excluding hydrogens is 247 g/mol. The molecule has 68 valence electrons. The van der Waals surface area contributed by atoms with Crippen LogP contribution in [0.2, 0.25) is 0 Å². The number of rotatable bonds is 6. The molecule has 0 fully saturated rings. The van der Waals surface area contributed by atoms with E-state index in [0.717, 1.165) is 9.84 Å². The van der Waals surface area contributed by atoms with E-state index in [1.54, 1.807) is 0 Å². The van der Waals surface area contributed by atoms with Gasteiger partial charge in [0.05, 0.1) is 0 Å². The van der Waals surface area contributed by atoms with Gasteiger partial charge in [-0.2, -0.15) is 0 Å². The average Bonchev–Trinajstić information content (AvgIpc) is 1.97. The number of halogens is 1. The van der Waals surface area contributed by atoms with Crippen LogP contribution in [0.1, 0.15) is 52.9 Å². The highest BCUT2D eigenvalue weighted by Crippen LogP contribution is 2.23. The van der Waals surface area contributed by atoms with Crippen LogP contribution in [-0.2, 0) is 0 Å². The van der Waals surface area contributed by atoms with Crippen molar-refractivity contribution in [2.24, 2.45) is 5.92 Å². The summed E-state index contributed by atoms with van der Waals surface area (Å²) < 4.78 is 0.860. The Balaban J connectivity index is 3.51. The van der Waals surface area contributed by atoms with E-state index in [0.29, 0.717) is 0 Å². The van der Waals surface area contributed by atoms with Crippen molar-refractivity contribution in [2.45, 2.75) is 56.8 Å². The second-order valence-corrected chi connectivity index (χ2v) is 5.33. The molecule has 1 heteroatoms. The molecule has 0 aliphatic heterocycles. The minimum absolute atomic E-state index is 0.860. The van der Waals surface area contributed by atoms with E-state index in [4.69, 9.17) is 0 Å². The van der Waals surface area contributed by atoms with Crippen molar-refractivity contribution in [1.29, 1.82) is 0 Å². The summed E-state index contributed by atoms with van der Waals surface area (Å²) in [5, 5.41) is 0. The lowest BCUT2D eigenvalue weighted by atomic mass is 9.95. The first-order valence-corrected chi connectivity index (χ1v) is 6.11. The maximum atomic E-state index is 2.57. The molecule has 0 N–H and O–H groups in total. The van der Waals surface area contributed by atoms with Gasteiger partial charge in [0.25, 0.3) is 0 Å². The monoisotopic (exact) mass is 268 g/mol. The molecular formula is C10H21I. The molecule has 0 aliphatic carbocycles. The highest BCUT2D eigenvalue weighted by Gasteiger charge is 2.11. The Morgan fingerprint density at radius 3 is 2.09 bits per heavy atom. The first-order chi connectivity index (χ1) is 5.22. The lowest BCUT2D eigenvalue weighted by molar-refractivity contribution is 0.435. The van der Waals surface area contributed by atoms with Crippen LogP contribution in [0.5, 0.6) is 0 Å². The SMILES string of the molecule is CCCCC(CCC)C(C)I. The van der Waals surface area contributed by atoms with Crippen LogP contribution in [0, 0.1) is 5.92 Å². The molecule has 0 aromatic heterocycles. The minimum atomic E-state index is 0.860. The first-order valence-electron chi connectivity index (χ1n) is 4.86.